The van der Waals surface area contributed by atoms with Gasteiger partial charge in [-0.2, -0.15) is 0 Å². The zero-order valence-electron chi connectivity index (χ0n) is 8.88. The molecule has 14 heavy (non-hydrogen) atoms. The van der Waals surface area contributed by atoms with Crippen molar-refractivity contribution in [3.05, 3.63) is 35.4 Å². The van der Waals surface area contributed by atoms with Gasteiger partial charge in [0.25, 0.3) is 0 Å². The minimum Gasteiger partial charge on any atom is -0.318 e. The monoisotopic (exact) mass is 187 g/mol. The number of benzene rings is 1. The Labute approximate surface area is 86.3 Å². The molecule has 0 aromatic heterocycles. The van der Waals surface area contributed by atoms with E-state index in [0.717, 1.165) is 18.4 Å². The standard InChI is InChI=1S/C13H17N/c1-3-11-6-5-7-12(10-11)8-9-13(14)4-2/h5-7,10,13H,3-4,14H2,1-2H3. The molecule has 1 heteroatoms. The summed E-state index contributed by atoms with van der Waals surface area (Å²) >= 11 is 0. The summed E-state index contributed by atoms with van der Waals surface area (Å²) in [5, 5.41) is 0. The number of rotatable bonds is 2. The molecule has 0 bridgehead atoms. The van der Waals surface area contributed by atoms with Crippen LogP contribution in [-0.2, 0) is 6.42 Å². The Morgan fingerprint density at radius 2 is 2.14 bits per heavy atom. The fourth-order valence-corrected chi connectivity index (χ4v) is 1.15. The fraction of sp³-hybridized carbons (Fsp3) is 0.385. The molecule has 0 fully saturated rings. The van der Waals surface area contributed by atoms with Crippen molar-refractivity contribution in [2.75, 3.05) is 0 Å². The van der Waals surface area contributed by atoms with Gasteiger partial charge in [-0.15, -0.1) is 0 Å². The molecule has 0 aliphatic carbocycles. The minimum absolute atomic E-state index is 0.000262. The zero-order chi connectivity index (χ0) is 10.4. The molecule has 1 unspecified atom stereocenters. The molecule has 0 heterocycles. The van der Waals surface area contributed by atoms with E-state index in [1.54, 1.807) is 0 Å². The lowest BCUT2D eigenvalue weighted by atomic mass is 10.1. The summed E-state index contributed by atoms with van der Waals surface area (Å²) in [4.78, 5) is 0. The van der Waals surface area contributed by atoms with E-state index in [1.807, 2.05) is 19.1 Å². The van der Waals surface area contributed by atoms with Crippen molar-refractivity contribution in [2.45, 2.75) is 32.7 Å². The van der Waals surface area contributed by atoms with Crippen molar-refractivity contribution in [2.24, 2.45) is 5.73 Å². The normalized spacial score (nSPS) is 11.6. The van der Waals surface area contributed by atoms with Gasteiger partial charge in [-0.25, -0.2) is 0 Å². The van der Waals surface area contributed by atoms with E-state index in [1.165, 1.54) is 5.56 Å². The van der Waals surface area contributed by atoms with Crippen LogP contribution in [0.4, 0.5) is 0 Å². The quantitative estimate of drug-likeness (QED) is 0.707. The molecule has 1 nitrogen and oxygen atoms in total. The third kappa shape index (κ3) is 3.24. The van der Waals surface area contributed by atoms with E-state index >= 15 is 0 Å². The van der Waals surface area contributed by atoms with Crippen LogP contribution in [0.2, 0.25) is 0 Å². The molecule has 1 aromatic rings. The average Bonchev–Trinajstić information content (AvgIpc) is 2.26. The highest BCUT2D eigenvalue weighted by atomic mass is 14.6. The van der Waals surface area contributed by atoms with Gasteiger partial charge in [0.2, 0.25) is 0 Å². The van der Waals surface area contributed by atoms with Crippen molar-refractivity contribution in [3.63, 3.8) is 0 Å². The summed E-state index contributed by atoms with van der Waals surface area (Å²) in [6.45, 7) is 4.19. The number of nitrogens with two attached hydrogens (primary N) is 1. The maximum Gasteiger partial charge on any atom is 0.0665 e. The van der Waals surface area contributed by atoms with Gasteiger partial charge in [-0.1, -0.05) is 37.8 Å². The van der Waals surface area contributed by atoms with Gasteiger partial charge in [0.15, 0.2) is 0 Å². The van der Waals surface area contributed by atoms with Crippen LogP contribution in [0.25, 0.3) is 0 Å². The largest absolute Gasteiger partial charge is 0.318 e. The predicted octanol–water partition coefficient (Wildman–Crippen LogP) is 2.34. The van der Waals surface area contributed by atoms with Crippen molar-refractivity contribution in [1.29, 1.82) is 0 Å². The van der Waals surface area contributed by atoms with Crippen LogP contribution in [0.5, 0.6) is 0 Å². The summed E-state index contributed by atoms with van der Waals surface area (Å²) in [6, 6.07) is 8.30. The molecule has 0 radical (unpaired) electrons. The van der Waals surface area contributed by atoms with E-state index in [2.05, 4.69) is 30.9 Å². The average molecular weight is 187 g/mol. The molecule has 1 rings (SSSR count). The first kappa shape index (κ1) is 10.8. The summed E-state index contributed by atoms with van der Waals surface area (Å²) in [6.07, 6.45) is 1.95. The Balaban J connectivity index is 2.79. The van der Waals surface area contributed by atoms with E-state index in [-0.39, 0.29) is 6.04 Å². The van der Waals surface area contributed by atoms with Gasteiger partial charge in [0.1, 0.15) is 0 Å². The highest BCUT2D eigenvalue weighted by Gasteiger charge is 1.92. The first-order chi connectivity index (χ1) is 6.76. The first-order valence-electron chi connectivity index (χ1n) is 5.12. The van der Waals surface area contributed by atoms with Gasteiger partial charge < -0.3 is 5.73 Å². The third-order valence-electron chi connectivity index (χ3n) is 2.18. The zero-order valence-corrected chi connectivity index (χ0v) is 8.88. The molecule has 1 atom stereocenters. The third-order valence-corrected chi connectivity index (χ3v) is 2.18. The Morgan fingerprint density at radius 1 is 1.36 bits per heavy atom. The van der Waals surface area contributed by atoms with Crippen LogP contribution in [0.3, 0.4) is 0 Å². The number of hydrogen-bond donors (Lipinski definition) is 1. The van der Waals surface area contributed by atoms with Gasteiger partial charge >= 0.3 is 0 Å². The highest BCUT2D eigenvalue weighted by Crippen LogP contribution is 2.04. The maximum atomic E-state index is 5.72. The molecule has 0 spiro atoms. The summed E-state index contributed by atoms with van der Waals surface area (Å²) in [5.41, 5.74) is 8.10. The van der Waals surface area contributed by atoms with Crippen molar-refractivity contribution in [1.82, 2.24) is 0 Å². The topological polar surface area (TPSA) is 26.0 Å². The van der Waals surface area contributed by atoms with Crippen LogP contribution >= 0.6 is 0 Å². The molecule has 74 valence electrons. The van der Waals surface area contributed by atoms with Crippen LogP contribution in [0, 0.1) is 11.8 Å². The van der Waals surface area contributed by atoms with Crippen molar-refractivity contribution < 1.29 is 0 Å². The molecular formula is C13H17N. The second-order valence-corrected chi connectivity index (χ2v) is 3.34. The molecule has 0 saturated carbocycles. The molecular weight excluding hydrogens is 170 g/mol. The van der Waals surface area contributed by atoms with Gasteiger partial charge in [-0.05, 0) is 30.5 Å². The minimum atomic E-state index is 0.000262. The molecule has 1 aromatic carbocycles. The second kappa shape index (κ2) is 5.47. The summed E-state index contributed by atoms with van der Waals surface area (Å²) < 4.78 is 0. The lowest BCUT2D eigenvalue weighted by Gasteiger charge is -1.98. The van der Waals surface area contributed by atoms with Crippen LogP contribution < -0.4 is 5.73 Å². The Kier molecular flexibility index (Phi) is 4.22. The van der Waals surface area contributed by atoms with Crippen molar-refractivity contribution >= 4 is 0 Å². The van der Waals surface area contributed by atoms with E-state index in [0.29, 0.717) is 0 Å². The number of aryl methyl sites for hydroxylation is 1. The maximum absolute atomic E-state index is 5.72. The molecule has 2 N–H and O–H groups in total. The highest BCUT2D eigenvalue weighted by molar-refractivity contribution is 5.37. The summed E-state index contributed by atoms with van der Waals surface area (Å²) in [5.74, 6) is 6.12. The second-order valence-electron chi connectivity index (χ2n) is 3.34. The SMILES string of the molecule is CCc1cccc(C#CC(N)CC)c1. The smallest absolute Gasteiger partial charge is 0.0665 e. The molecule has 0 aliphatic heterocycles. The summed E-state index contributed by atoms with van der Waals surface area (Å²) in [7, 11) is 0. The van der Waals surface area contributed by atoms with Crippen LogP contribution in [0.1, 0.15) is 31.4 Å². The Bertz CT molecular complexity index is 344. The molecule has 0 saturated heterocycles. The van der Waals surface area contributed by atoms with Gasteiger partial charge in [-0.3, -0.25) is 0 Å². The molecule has 0 amide bonds. The van der Waals surface area contributed by atoms with Gasteiger partial charge in [0, 0.05) is 5.56 Å². The predicted molar refractivity (Wildman–Crippen MR) is 61.0 cm³/mol. The fourth-order valence-electron chi connectivity index (χ4n) is 1.15. The van der Waals surface area contributed by atoms with Crippen LogP contribution in [-0.4, -0.2) is 6.04 Å². The van der Waals surface area contributed by atoms with E-state index in [4.69, 9.17) is 5.73 Å². The number of hydrogen-bond acceptors (Lipinski definition) is 1. The first-order valence-corrected chi connectivity index (χ1v) is 5.12. The lowest BCUT2D eigenvalue weighted by molar-refractivity contribution is 0.806. The van der Waals surface area contributed by atoms with E-state index < -0.39 is 0 Å². The van der Waals surface area contributed by atoms with Crippen LogP contribution in [0.15, 0.2) is 24.3 Å². The Hall–Kier alpha value is -1.26. The van der Waals surface area contributed by atoms with E-state index in [9.17, 15) is 0 Å². The lowest BCUT2D eigenvalue weighted by Crippen LogP contribution is -2.15. The van der Waals surface area contributed by atoms with Gasteiger partial charge in [0.05, 0.1) is 6.04 Å². The Morgan fingerprint density at radius 3 is 2.79 bits per heavy atom. The molecule has 0 aliphatic rings. The van der Waals surface area contributed by atoms with Crippen molar-refractivity contribution in [3.8, 4) is 11.8 Å².